The molecule has 1 aromatic carbocycles. The van der Waals surface area contributed by atoms with E-state index in [1.54, 1.807) is 47.8 Å². The first-order valence-electron chi connectivity index (χ1n) is 5.87. The third-order valence-corrected chi connectivity index (χ3v) is 3.34. The minimum Gasteiger partial charge on any atom is -0.422 e. The molecule has 0 atom stereocenters. The van der Waals surface area contributed by atoms with Gasteiger partial charge in [-0.15, -0.1) is 11.3 Å². The van der Waals surface area contributed by atoms with Gasteiger partial charge in [-0.1, -0.05) is 18.2 Å². The van der Waals surface area contributed by atoms with Crippen molar-refractivity contribution in [1.82, 2.24) is 0 Å². The normalized spacial score (nSPS) is 10.7. The third-order valence-electron chi connectivity index (χ3n) is 2.49. The highest BCUT2D eigenvalue weighted by atomic mass is 32.1. The molecule has 0 spiro atoms. The fourth-order valence-electron chi connectivity index (χ4n) is 1.55. The smallest absolute Gasteiger partial charge is 0.353 e. The van der Waals surface area contributed by atoms with Crippen LogP contribution in [0, 0.1) is 11.3 Å². The van der Waals surface area contributed by atoms with Crippen LogP contribution in [0.5, 0.6) is 5.75 Å². The first-order valence-corrected chi connectivity index (χ1v) is 6.75. The van der Waals surface area contributed by atoms with Crippen molar-refractivity contribution < 1.29 is 14.3 Å². The molecule has 0 aliphatic rings. The Hall–Kier alpha value is -2.91. The van der Waals surface area contributed by atoms with E-state index in [-0.39, 0.29) is 5.57 Å². The number of carbonyl (C=O) groups excluding carboxylic acids is 2. The molecule has 0 saturated carbocycles. The van der Waals surface area contributed by atoms with Crippen molar-refractivity contribution in [2.24, 2.45) is 5.73 Å². The molecule has 0 aliphatic carbocycles. The van der Waals surface area contributed by atoms with Crippen LogP contribution in [0.4, 0.5) is 0 Å². The maximum absolute atomic E-state index is 11.8. The van der Waals surface area contributed by atoms with Gasteiger partial charge >= 0.3 is 5.97 Å². The van der Waals surface area contributed by atoms with Gasteiger partial charge < -0.3 is 10.5 Å². The number of carbonyl (C=O) groups is 2. The van der Waals surface area contributed by atoms with Crippen LogP contribution in [0.3, 0.4) is 0 Å². The second-order valence-electron chi connectivity index (χ2n) is 3.97. The van der Waals surface area contributed by atoms with Crippen molar-refractivity contribution in [3.05, 3.63) is 57.8 Å². The molecule has 2 N–H and O–H groups in total. The number of hydrogen-bond acceptors (Lipinski definition) is 5. The highest BCUT2D eigenvalue weighted by Gasteiger charge is 2.10. The van der Waals surface area contributed by atoms with Crippen molar-refractivity contribution in [2.75, 3.05) is 0 Å². The van der Waals surface area contributed by atoms with E-state index < -0.39 is 11.9 Å². The van der Waals surface area contributed by atoms with Gasteiger partial charge in [0.15, 0.2) is 0 Å². The minimum absolute atomic E-state index is 0.170. The molecule has 5 nitrogen and oxygen atoms in total. The average molecular weight is 298 g/mol. The molecule has 0 fully saturated rings. The Morgan fingerprint density at radius 1 is 1.29 bits per heavy atom. The molecule has 0 saturated heterocycles. The van der Waals surface area contributed by atoms with E-state index in [1.165, 1.54) is 17.4 Å². The summed E-state index contributed by atoms with van der Waals surface area (Å²) in [5, 5.41) is 10.6. The molecule has 104 valence electrons. The van der Waals surface area contributed by atoms with E-state index in [0.717, 1.165) is 0 Å². The maximum atomic E-state index is 11.8. The molecule has 2 rings (SSSR count). The molecular formula is C15H10N2O3S. The van der Waals surface area contributed by atoms with Gasteiger partial charge in [0, 0.05) is 0 Å². The zero-order chi connectivity index (χ0) is 15.2. The van der Waals surface area contributed by atoms with Crippen molar-refractivity contribution in [1.29, 1.82) is 5.26 Å². The van der Waals surface area contributed by atoms with E-state index in [0.29, 0.717) is 16.2 Å². The summed E-state index contributed by atoms with van der Waals surface area (Å²) < 4.78 is 5.22. The Kier molecular flexibility index (Phi) is 4.49. The molecule has 21 heavy (non-hydrogen) atoms. The highest BCUT2D eigenvalue weighted by Crippen LogP contribution is 2.18. The minimum atomic E-state index is -0.807. The van der Waals surface area contributed by atoms with Crippen molar-refractivity contribution in [3.63, 3.8) is 0 Å². The van der Waals surface area contributed by atoms with E-state index in [1.807, 2.05) is 0 Å². The lowest BCUT2D eigenvalue weighted by atomic mass is 10.1. The van der Waals surface area contributed by atoms with Gasteiger partial charge in [-0.3, -0.25) is 4.79 Å². The molecule has 6 heteroatoms. The van der Waals surface area contributed by atoms with E-state index in [9.17, 15) is 9.59 Å². The first-order chi connectivity index (χ1) is 10.1. The largest absolute Gasteiger partial charge is 0.422 e. The first kappa shape index (κ1) is 14.5. The molecule has 0 radical (unpaired) electrons. The number of amides is 1. The number of nitrogens with zero attached hydrogens (tertiary/aromatic N) is 1. The third kappa shape index (κ3) is 3.78. The van der Waals surface area contributed by atoms with Gasteiger partial charge in [0.05, 0.1) is 0 Å². The van der Waals surface area contributed by atoms with Gasteiger partial charge in [0.2, 0.25) is 0 Å². The topological polar surface area (TPSA) is 93.2 Å². The fraction of sp³-hybridized carbons (Fsp3) is 0. The summed E-state index contributed by atoms with van der Waals surface area (Å²) in [5.41, 5.74) is 5.44. The molecule has 2 aromatic rings. The van der Waals surface area contributed by atoms with E-state index in [4.69, 9.17) is 15.7 Å². The SMILES string of the molecule is N#CC(=Cc1cccc(OC(=O)c2cccs2)c1)C(N)=O. The highest BCUT2D eigenvalue weighted by molar-refractivity contribution is 7.12. The fourth-order valence-corrected chi connectivity index (χ4v) is 2.14. The van der Waals surface area contributed by atoms with Crippen molar-refractivity contribution in [3.8, 4) is 11.8 Å². The summed E-state index contributed by atoms with van der Waals surface area (Å²) in [6, 6.07) is 11.6. The molecule has 0 bridgehead atoms. The van der Waals surface area contributed by atoms with Crippen molar-refractivity contribution >= 4 is 29.3 Å². The number of esters is 1. The summed E-state index contributed by atoms with van der Waals surface area (Å²) in [7, 11) is 0. The summed E-state index contributed by atoms with van der Waals surface area (Å²) in [4.78, 5) is 23.3. The standard InChI is InChI=1S/C15H10N2O3S/c16-9-11(14(17)18)7-10-3-1-4-12(8-10)20-15(19)13-5-2-6-21-13/h1-8H,(H2,17,18). The molecule has 1 aromatic heterocycles. The number of rotatable bonds is 4. The number of nitrogens with two attached hydrogens (primary N) is 1. The Morgan fingerprint density at radius 2 is 2.10 bits per heavy atom. The van der Waals surface area contributed by atoms with Gasteiger partial charge in [-0.25, -0.2) is 4.79 Å². The Bertz CT molecular complexity index is 743. The van der Waals surface area contributed by atoms with E-state index in [2.05, 4.69) is 0 Å². The second kappa shape index (κ2) is 6.50. The zero-order valence-corrected chi connectivity index (χ0v) is 11.6. The van der Waals surface area contributed by atoms with Crippen LogP contribution < -0.4 is 10.5 Å². The van der Waals surface area contributed by atoms with Crippen LogP contribution in [0.1, 0.15) is 15.2 Å². The molecule has 0 unspecified atom stereocenters. The van der Waals surface area contributed by atoms with Crippen LogP contribution >= 0.6 is 11.3 Å². The Morgan fingerprint density at radius 3 is 2.71 bits per heavy atom. The lowest BCUT2D eigenvalue weighted by Gasteiger charge is -2.03. The summed E-state index contributed by atoms with van der Waals surface area (Å²) in [6.45, 7) is 0. The maximum Gasteiger partial charge on any atom is 0.353 e. The van der Waals surface area contributed by atoms with Crippen LogP contribution in [-0.4, -0.2) is 11.9 Å². The van der Waals surface area contributed by atoms with Crippen LogP contribution in [-0.2, 0) is 4.79 Å². The number of ether oxygens (including phenoxy) is 1. The predicted octanol–water partition coefficient (Wildman–Crippen LogP) is 2.36. The van der Waals surface area contributed by atoms with Gasteiger partial charge in [0.25, 0.3) is 5.91 Å². The number of thiophene rings is 1. The second-order valence-corrected chi connectivity index (χ2v) is 4.92. The predicted molar refractivity (Wildman–Crippen MR) is 78.5 cm³/mol. The summed E-state index contributed by atoms with van der Waals surface area (Å²) in [6.07, 6.45) is 1.34. The van der Waals surface area contributed by atoms with Crippen LogP contribution in [0.15, 0.2) is 47.4 Å². The molecule has 0 aliphatic heterocycles. The average Bonchev–Trinajstić information content (AvgIpc) is 2.99. The zero-order valence-electron chi connectivity index (χ0n) is 10.8. The number of hydrogen-bond donors (Lipinski definition) is 1. The van der Waals surface area contributed by atoms with Gasteiger partial charge in [-0.2, -0.15) is 5.26 Å². The van der Waals surface area contributed by atoms with Crippen molar-refractivity contribution in [2.45, 2.75) is 0 Å². The number of nitriles is 1. The summed E-state index contributed by atoms with van der Waals surface area (Å²) >= 11 is 1.28. The number of primary amides is 1. The number of benzene rings is 1. The monoisotopic (exact) mass is 298 g/mol. The molecule has 1 heterocycles. The van der Waals surface area contributed by atoms with Gasteiger partial charge in [0.1, 0.15) is 22.3 Å². The van der Waals surface area contributed by atoms with Crippen LogP contribution in [0.2, 0.25) is 0 Å². The Labute approximate surface area is 124 Å². The molecule has 1 amide bonds. The quantitative estimate of drug-likeness (QED) is 0.406. The summed E-state index contributed by atoms with van der Waals surface area (Å²) in [5.74, 6) is -0.941. The lowest BCUT2D eigenvalue weighted by Crippen LogP contribution is -2.12. The van der Waals surface area contributed by atoms with Crippen LogP contribution in [0.25, 0.3) is 6.08 Å². The van der Waals surface area contributed by atoms with E-state index >= 15 is 0 Å². The van der Waals surface area contributed by atoms with Gasteiger partial charge in [-0.05, 0) is 35.2 Å². The lowest BCUT2D eigenvalue weighted by molar-refractivity contribution is -0.114. The Balaban J connectivity index is 2.21. The molecular weight excluding hydrogens is 288 g/mol.